The number of H-pyrrole nitrogens is 1. The standard InChI is InChI=1S/C19H26N4O3S/c1-13-9-14(2)12-22(11-13)27(25,26)15-7-8-18(20-10-15)23-19(24)16-5-3-4-6-17(16)21-23/h7-8,10,13-14,21H,3-6,9,11-12H2,1-2H3/t13-,14+. The number of aromatic nitrogens is 3. The molecule has 1 saturated heterocycles. The van der Waals surface area contributed by atoms with Crippen LogP contribution < -0.4 is 5.56 Å². The van der Waals surface area contributed by atoms with Crippen LogP contribution in [0.5, 0.6) is 0 Å². The number of pyridine rings is 1. The molecule has 2 aromatic heterocycles. The Labute approximate surface area is 159 Å². The first-order chi connectivity index (χ1) is 12.9. The second-order valence-electron chi connectivity index (χ2n) is 8.04. The lowest BCUT2D eigenvalue weighted by molar-refractivity contribution is 0.222. The van der Waals surface area contributed by atoms with Gasteiger partial charge in [-0.2, -0.15) is 4.31 Å². The fourth-order valence-corrected chi connectivity index (χ4v) is 5.98. The molecule has 146 valence electrons. The van der Waals surface area contributed by atoms with Crippen molar-refractivity contribution in [3.8, 4) is 5.82 Å². The largest absolute Gasteiger partial charge is 0.293 e. The van der Waals surface area contributed by atoms with Gasteiger partial charge in [-0.15, -0.1) is 0 Å². The highest BCUT2D eigenvalue weighted by atomic mass is 32.2. The smallest absolute Gasteiger partial charge is 0.276 e. The average molecular weight is 391 g/mol. The van der Waals surface area contributed by atoms with Crippen LogP contribution in [0, 0.1) is 11.8 Å². The minimum absolute atomic E-state index is 0.0773. The predicted molar refractivity (Wildman–Crippen MR) is 103 cm³/mol. The lowest BCUT2D eigenvalue weighted by atomic mass is 9.94. The zero-order valence-electron chi connectivity index (χ0n) is 15.8. The zero-order chi connectivity index (χ0) is 19.2. The fraction of sp³-hybridized carbons (Fsp3) is 0.579. The van der Waals surface area contributed by atoms with Gasteiger partial charge in [-0.05, 0) is 56.1 Å². The third kappa shape index (κ3) is 3.36. The minimum atomic E-state index is -3.57. The van der Waals surface area contributed by atoms with Crippen molar-refractivity contribution in [1.82, 2.24) is 19.1 Å². The van der Waals surface area contributed by atoms with E-state index in [1.54, 1.807) is 16.4 Å². The molecule has 27 heavy (non-hydrogen) atoms. The number of nitrogens with zero attached hydrogens (tertiary/aromatic N) is 3. The summed E-state index contributed by atoms with van der Waals surface area (Å²) < 4.78 is 28.9. The Bertz CT molecular complexity index is 981. The van der Waals surface area contributed by atoms with Crippen LogP contribution >= 0.6 is 0 Å². The zero-order valence-corrected chi connectivity index (χ0v) is 16.6. The fourth-order valence-electron chi connectivity index (χ4n) is 4.36. The topological polar surface area (TPSA) is 88.1 Å². The van der Waals surface area contributed by atoms with Crippen LogP contribution in [0.1, 0.15) is 44.4 Å². The van der Waals surface area contributed by atoms with Gasteiger partial charge in [0.25, 0.3) is 5.56 Å². The molecular weight excluding hydrogens is 364 g/mol. The number of sulfonamides is 1. The highest BCUT2D eigenvalue weighted by Crippen LogP contribution is 2.26. The van der Waals surface area contributed by atoms with Crippen molar-refractivity contribution in [2.24, 2.45) is 11.8 Å². The Morgan fingerprint density at radius 1 is 1.11 bits per heavy atom. The summed E-state index contributed by atoms with van der Waals surface area (Å²) >= 11 is 0. The second kappa shape index (κ2) is 6.91. The molecule has 0 amide bonds. The Morgan fingerprint density at radius 2 is 1.81 bits per heavy atom. The van der Waals surface area contributed by atoms with Crippen molar-refractivity contribution in [1.29, 1.82) is 0 Å². The van der Waals surface area contributed by atoms with E-state index in [0.29, 0.717) is 30.7 Å². The van der Waals surface area contributed by atoms with Gasteiger partial charge in [-0.25, -0.2) is 18.1 Å². The summed E-state index contributed by atoms with van der Waals surface area (Å²) in [5.74, 6) is 1.12. The van der Waals surface area contributed by atoms with Crippen molar-refractivity contribution in [3.05, 3.63) is 39.9 Å². The normalized spacial score (nSPS) is 23.9. The minimum Gasteiger partial charge on any atom is -0.293 e. The Hall–Kier alpha value is -1.93. The van der Waals surface area contributed by atoms with E-state index in [9.17, 15) is 13.2 Å². The maximum atomic E-state index is 13.0. The summed E-state index contributed by atoms with van der Waals surface area (Å²) in [6.45, 7) is 5.24. The number of nitrogens with one attached hydrogen (secondary N) is 1. The van der Waals surface area contributed by atoms with Crippen LogP contribution in [0.3, 0.4) is 0 Å². The van der Waals surface area contributed by atoms with E-state index in [2.05, 4.69) is 23.9 Å². The van der Waals surface area contributed by atoms with Gasteiger partial charge < -0.3 is 0 Å². The summed E-state index contributed by atoms with van der Waals surface area (Å²) in [5.41, 5.74) is 1.73. The van der Waals surface area contributed by atoms with E-state index in [0.717, 1.165) is 43.4 Å². The van der Waals surface area contributed by atoms with E-state index in [1.807, 2.05) is 0 Å². The molecule has 1 fully saturated rings. The molecule has 2 aromatic rings. The van der Waals surface area contributed by atoms with Crippen LogP contribution in [0.25, 0.3) is 5.82 Å². The van der Waals surface area contributed by atoms with Crippen LogP contribution in [-0.4, -0.2) is 40.6 Å². The molecule has 1 aliphatic heterocycles. The lowest BCUT2D eigenvalue weighted by Crippen LogP contribution is -2.42. The summed E-state index contributed by atoms with van der Waals surface area (Å²) in [5, 5.41) is 3.13. The lowest BCUT2D eigenvalue weighted by Gasteiger charge is -2.33. The van der Waals surface area contributed by atoms with Crippen molar-refractivity contribution >= 4 is 10.0 Å². The molecule has 0 bridgehead atoms. The van der Waals surface area contributed by atoms with Crippen LogP contribution in [0.4, 0.5) is 0 Å². The monoisotopic (exact) mass is 390 g/mol. The molecule has 0 unspecified atom stereocenters. The Morgan fingerprint density at radius 3 is 2.44 bits per heavy atom. The predicted octanol–water partition coefficient (Wildman–Crippen LogP) is 2.11. The van der Waals surface area contributed by atoms with Crippen LogP contribution in [0.2, 0.25) is 0 Å². The molecule has 2 atom stereocenters. The quantitative estimate of drug-likeness (QED) is 0.869. The number of hydrogen-bond acceptors (Lipinski definition) is 4. The van der Waals surface area contributed by atoms with Gasteiger partial charge in [-0.3, -0.25) is 9.89 Å². The van der Waals surface area contributed by atoms with Crippen LogP contribution in [0.15, 0.2) is 28.0 Å². The first kappa shape index (κ1) is 18.4. The van der Waals surface area contributed by atoms with Gasteiger partial charge in [0, 0.05) is 30.5 Å². The molecule has 2 aliphatic rings. The van der Waals surface area contributed by atoms with E-state index in [1.165, 1.54) is 10.9 Å². The first-order valence-electron chi connectivity index (χ1n) is 9.65. The molecule has 0 spiro atoms. The van der Waals surface area contributed by atoms with E-state index < -0.39 is 10.0 Å². The summed E-state index contributed by atoms with van der Waals surface area (Å²) in [6.07, 6.45) is 6.16. The molecule has 3 heterocycles. The molecule has 1 N–H and O–H groups in total. The summed E-state index contributed by atoms with van der Waals surface area (Å²) in [6, 6.07) is 3.15. The van der Waals surface area contributed by atoms with E-state index in [-0.39, 0.29) is 10.5 Å². The summed E-state index contributed by atoms with van der Waals surface area (Å²) in [4.78, 5) is 17.0. The number of hydrogen-bond donors (Lipinski definition) is 1. The van der Waals surface area contributed by atoms with Crippen molar-refractivity contribution in [3.63, 3.8) is 0 Å². The molecular formula is C19H26N4O3S. The molecule has 1 aliphatic carbocycles. The van der Waals surface area contributed by atoms with Crippen molar-refractivity contribution in [2.45, 2.75) is 50.8 Å². The van der Waals surface area contributed by atoms with Gasteiger partial charge in [0.05, 0.1) is 0 Å². The van der Waals surface area contributed by atoms with E-state index >= 15 is 0 Å². The second-order valence-corrected chi connectivity index (χ2v) is 9.97. The Balaban J connectivity index is 1.63. The highest BCUT2D eigenvalue weighted by molar-refractivity contribution is 7.89. The molecule has 7 nitrogen and oxygen atoms in total. The van der Waals surface area contributed by atoms with Gasteiger partial charge >= 0.3 is 0 Å². The molecule has 0 aromatic carbocycles. The third-order valence-electron chi connectivity index (χ3n) is 5.60. The van der Waals surface area contributed by atoms with Gasteiger partial charge in [0.1, 0.15) is 4.90 Å². The molecule has 4 rings (SSSR count). The summed E-state index contributed by atoms with van der Waals surface area (Å²) in [7, 11) is -3.57. The maximum absolute atomic E-state index is 13.0. The van der Waals surface area contributed by atoms with Gasteiger partial charge in [-0.1, -0.05) is 13.8 Å². The number of aromatic amines is 1. The van der Waals surface area contributed by atoms with Gasteiger partial charge in [0.2, 0.25) is 10.0 Å². The Kier molecular flexibility index (Phi) is 4.71. The number of fused-ring (bicyclic) bond motifs is 1. The van der Waals surface area contributed by atoms with Crippen molar-refractivity contribution < 1.29 is 8.42 Å². The molecule has 0 radical (unpaired) electrons. The van der Waals surface area contributed by atoms with Crippen molar-refractivity contribution in [2.75, 3.05) is 13.1 Å². The average Bonchev–Trinajstić information content (AvgIpc) is 2.98. The highest BCUT2D eigenvalue weighted by Gasteiger charge is 2.32. The third-order valence-corrected chi connectivity index (χ3v) is 7.41. The molecule has 8 heteroatoms. The molecule has 0 saturated carbocycles. The first-order valence-corrected chi connectivity index (χ1v) is 11.1. The van der Waals surface area contributed by atoms with Gasteiger partial charge in [0.15, 0.2) is 5.82 Å². The SMILES string of the molecule is C[C@@H]1C[C@H](C)CN(S(=O)(=O)c2ccc(-n3[nH]c4c(c3=O)CCCC4)nc2)C1. The van der Waals surface area contributed by atoms with Crippen LogP contribution in [-0.2, 0) is 22.9 Å². The van der Waals surface area contributed by atoms with E-state index in [4.69, 9.17) is 0 Å². The number of rotatable bonds is 3. The maximum Gasteiger partial charge on any atom is 0.276 e. The number of aryl methyl sites for hydroxylation is 1. The number of piperidine rings is 1.